The molecular weight excluding hydrogens is 528 g/mol. The molecule has 0 saturated heterocycles. The minimum Gasteiger partial charge on any atom is -0.494 e. The highest BCUT2D eigenvalue weighted by atomic mass is 35.5. The number of nitriles is 1. The summed E-state index contributed by atoms with van der Waals surface area (Å²) >= 11 is 9.58. The number of ether oxygens (including phenoxy) is 1. The summed E-state index contributed by atoms with van der Waals surface area (Å²) in [4.78, 5) is 24.0. The van der Waals surface area contributed by atoms with E-state index in [-0.39, 0.29) is 5.91 Å². The third kappa shape index (κ3) is 6.58. The smallest absolute Gasteiger partial charge is 0.248 e. The first-order valence-corrected chi connectivity index (χ1v) is 13.1. The van der Waals surface area contributed by atoms with Crippen LogP contribution in [0.25, 0.3) is 10.9 Å². The Labute approximate surface area is 227 Å². The minimum absolute atomic E-state index is 0.293. The van der Waals surface area contributed by atoms with Crippen LogP contribution in [-0.2, 0) is 4.79 Å². The Kier molecular flexibility index (Phi) is 8.63. The van der Waals surface area contributed by atoms with E-state index in [1.807, 2.05) is 36.5 Å². The number of hydrogen-bond acceptors (Lipinski definition) is 9. The molecule has 8 nitrogen and oxygen atoms in total. The Morgan fingerprint density at radius 3 is 2.81 bits per heavy atom. The van der Waals surface area contributed by atoms with Crippen molar-refractivity contribution in [3.63, 3.8) is 0 Å². The van der Waals surface area contributed by atoms with Crippen LogP contribution in [0.15, 0.2) is 69.5 Å². The molecule has 0 aliphatic heterocycles. The van der Waals surface area contributed by atoms with Gasteiger partial charge in [0.25, 0.3) is 0 Å². The van der Waals surface area contributed by atoms with Crippen molar-refractivity contribution in [2.45, 2.75) is 9.24 Å². The van der Waals surface area contributed by atoms with E-state index in [2.05, 4.69) is 26.7 Å². The lowest BCUT2D eigenvalue weighted by Crippen LogP contribution is -2.13. The van der Waals surface area contributed by atoms with Crippen LogP contribution in [0.4, 0.5) is 17.1 Å². The van der Waals surface area contributed by atoms with E-state index in [1.165, 1.54) is 31.1 Å². The predicted molar refractivity (Wildman–Crippen MR) is 150 cm³/mol. The number of hydrogen-bond donors (Lipinski definition) is 2. The summed E-state index contributed by atoms with van der Waals surface area (Å²) in [5.74, 6) is 0.162. The zero-order valence-electron chi connectivity index (χ0n) is 20.3. The number of nitrogens with one attached hydrogen (secondary N) is 2. The molecule has 0 atom stereocenters. The molecule has 0 aliphatic rings. The normalized spacial score (nSPS) is 11.1. The van der Waals surface area contributed by atoms with Gasteiger partial charge in [-0.05, 0) is 38.4 Å². The van der Waals surface area contributed by atoms with Crippen LogP contribution in [0.3, 0.4) is 0 Å². The number of methoxy groups -OCH3 is 1. The van der Waals surface area contributed by atoms with Gasteiger partial charge in [-0.3, -0.25) is 9.78 Å². The highest BCUT2D eigenvalue weighted by molar-refractivity contribution is 8.01. The summed E-state index contributed by atoms with van der Waals surface area (Å²) in [6.07, 6.45) is 6.49. The van der Waals surface area contributed by atoms with Gasteiger partial charge in [0, 0.05) is 52.4 Å². The van der Waals surface area contributed by atoms with E-state index < -0.39 is 0 Å². The van der Waals surface area contributed by atoms with Gasteiger partial charge >= 0.3 is 0 Å². The van der Waals surface area contributed by atoms with Crippen molar-refractivity contribution >= 4 is 68.6 Å². The predicted octanol–water partition coefficient (Wildman–Crippen LogP) is 6.18. The summed E-state index contributed by atoms with van der Waals surface area (Å²) in [6, 6.07) is 11.2. The monoisotopic (exact) mass is 550 g/mol. The summed E-state index contributed by atoms with van der Waals surface area (Å²) in [5, 5.41) is 19.1. The van der Waals surface area contributed by atoms with E-state index in [0.717, 1.165) is 9.24 Å². The van der Waals surface area contributed by atoms with E-state index >= 15 is 0 Å². The maximum absolute atomic E-state index is 12.5. The van der Waals surface area contributed by atoms with Gasteiger partial charge in [0.1, 0.15) is 11.8 Å². The maximum atomic E-state index is 12.5. The fourth-order valence-electron chi connectivity index (χ4n) is 3.41. The SMILES string of the molecule is COc1cc2ncc(C#N)c(Nc3ccc(Sc4nccs4)c(Cl)c3)c2cc1NC(=O)/C=C/CN(C)C. The van der Waals surface area contributed by atoms with E-state index in [0.29, 0.717) is 50.8 Å². The molecule has 4 aromatic rings. The Hall–Kier alpha value is -3.62. The molecule has 37 heavy (non-hydrogen) atoms. The van der Waals surface area contributed by atoms with Crippen LogP contribution in [-0.4, -0.2) is 48.5 Å². The second-order valence-electron chi connectivity index (χ2n) is 8.05. The number of anilines is 3. The lowest BCUT2D eigenvalue weighted by atomic mass is 10.1. The zero-order chi connectivity index (χ0) is 26.4. The number of thiazole rings is 1. The Bertz CT molecular complexity index is 1500. The van der Waals surface area contributed by atoms with Crippen LogP contribution in [0, 0.1) is 11.3 Å². The molecule has 4 rings (SSSR count). The fraction of sp³-hybridized carbons (Fsp3) is 0.154. The van der Waals surface area contributed by atoms with Gasteiger partial charge in [-0.2, -0.15) is 5.26 Å². The van der Waals surface area contributed by atoms with Crippen molar-refractivity contribution in [2.24, 2.45) is 0 Å². The van der Waals surface area contributed by atoms with Crippen molar-refractivity contribution in [2.75, 3.05) is 38.4 Å². The number of benzene rings is 2. The third-order valence-corrected chi connectivity index (χ3v) is 7.50. The van der Waals surface area contributed by atoms with Gasteiger partial charge in [0.2, 0.25) is 5.91 Å². The van der Waals surface area contributed by atoms with Gasteiger partial charge in [0.15, 0.2) is 4.34 Å². The number of halogens is 1. The molecule has 188 valence electrons. The topological polar surface area (TPSA) is 103 Å². The van der Waals surface area contributed by atoms with Crippen molar-refractivity contribution in [3.8, 4) is 11.8 Å². The number of rotatable bonds is 9. The molecule has 11 heteroatoms. The first-order chi connectivity index (χ1) is 17.9. The number of pyridine rings is 1. The molecule has 0 fully saturated rings. The van der Waals surface area contributed by atoms with Crippen molar-refractivity contribution in [1.29, 1.82) is 5.26 Å². The maximum Gasteiger partial charge on any atom is 0.248 e. The van der Waals surface area contributed by atoms with E-state index in [9.17, 15) is 10.1 Å². The number of nitrogens with zero attached hydrogens (tertiary/aromatic N) is 4. The lowest BCUT2D eigenvalue weighted by Gasteiger charge is -2.15. The second-order valence-corrected chi connectivity index (χ2v) is 10.6. The number of carbonyl (C=O) groups excluding carboxylic acids is 1. The Morgan fingerprint density at radius 1 is 1.30 bits per heavy atom. The molecule has 0 aliphatic carbocycles. The molecule has 0 bridgehead atoms. The van der Waals surface area contributed by atoms with Gasteiger partial charge in [-0.15, -0.1) is 11.3 Å². The second kappa shape index (κ2) is 12.1. The van der Waals surface area contributed by atoms with Crippen LogP contribution < -0.4 is 15.4 Å². The van der Waals surface area contributed by atoms with Crippen molar-refractivity contribution < 1.29 is 9.53 Å². The standard InChI is InChI=1S/C26H23ClN6O2S2/c1-33(2)9-4-5-24(34)32-21-12-18-20(13-22(21)35-3)30-15-16(14-28)25(18)31-17-6-7-23(19(27)11-17)37-26-29-8-10-36-26/h4-8,10-13,15H,9H2,1-3H3,(H,30,31)(H,32,34)/b5-4+. The van der Waals surface area contributed by atoms with Gasteiger partial charge in [-0.1, -0.05) is 29.4 Å². The molecule has 0 unspecified atom stereocenters. The molecule has 0 spiro atoms. The van der Waals surface area contributed by atoms with Crippen LogP contribution in [0.5, 0.6) is 5.75 Å². The lowest BCUT2D eigenvalue weighted by molar-refractivity contribution is -0.111. The summed E-state index contributed by atoms with van der Waals surface area (Å²) < 4.78 is 6.38. The highest BCUT2D eigenvalue weighted by Crippen LogP contribution is 2.39. The molecule has 2 N–H and O–H groups in total. The molecule has 2 aromatic carbocycles. The zero-order valence-corrected chi connectivity index (χ0v) is 22.7. The van der Waals surface area contributed by atoms with Crippen LogP contribution in [0.2, 0.25) is 5.02 Å². The summed E-state index contributed by atoms with van der Waals surface area (Å²) in [6.45, 7) is 0.634. The van der Waals surface area contributed by atoms with Crippen LogP contribution >= 0.6 is 34.7 Å². The molecule has 2 aromatic heterocycles. The van der Waals surface area contributed by atoms with E-state index in [1.54, 1.807) is 41.8 Å². The molecular formula is C26H23ClN6O2S2. The fourth-order valence-corrected chi connectivity index (χ4v) is 5.29. The van der Waals surface area contributed by atoms with Gasteiger partial charge in [0.05, 0.1) is 34.6 Å². The molecule has 0 saturated carbocycles. The number of carbonyl (C=O) groups is 1. The number of aromatic nitrogens is 2. The number of fused-ring (bicyclic) bond motifs is 1. The first-order valence-electron chi connectivity index (χ1n) is 11.0. The first kappa shape index (κ1) is 26.4. The third-order valence-electron chi connectivity index (χ3n) is 5.12. The van der Waals surface area contributed by atoms with Gasteiger partial charge < -0.3 is 20.3 Å². The van der Waals surface area contributed by atoms with Gasteiger partial charge in [-0.25, -0.2) is 4.98 Å². The highest BCUT2D eigenvalue weighted by Gasteiger charge is 2.15. The number of amides is 1. The largest absolute Gasteiger partial charge is 0.494 e. The van der Waals surface area contributed by atoms with Crippen molar-refractivity contribution in [1.82, 2.24) is 14.9 Å². The average Bonchev–Trinajstić information content (AvgIpc) is 3.38. The molecule has 0 radical (unpaired) electrons. The average molecular weight is 551 g/mol. The number of likely N-dealkylation sites (N-methyl/N-ethyl adjacent to an activating group) is 1. The van der Waals surface area contributed by atoms with Crippen LogP contribution in [0.1, 0.15) is 5.56 Å². The van der Waals surface area contributed by atoms with Crippen molar-refractivity contribution in [3.05, 3.63) is 70.8 Å². The summed E-state index contributed by atoms with van der Waals surface area (Å²) in [5.41, 5.74) is 2.65. The molecule has 1 amide bonds. The Morgan fingerprint density at radius 2 is 2.14 bits per heavy atom. The quantitative estimate of drug-likeness (QED) is 0.238. The van der Waals surface area contributed by atoms with E-state index in [4.69, 9.17) is 16.3 Å². The Balaban J connectivity index is 1.68. The summed E-state index contributed by atoms with van der Waals surface area (Å²) in [7, 11) is 5.36. The molecule has 2 heterocycles. The minimum atomic E-state index is -0.293.